The van der Waals surface area contributed by atoms with Crippen molar-refractivity contribution in [2.45, 2.75) is 43.9 Å². The van der Waals surface area contributed by atoms with Crippen LogP contribution in [0.4, 0.5) is 19.0 Å². The number of hydrogen-bond donors (Lipinski definition) is 2. The van der Waals surface area contributed by atoms with Crippen molar-refractivity contribution in [1.29, 1.82) is 0 Å². The summed E-state index contributed by atoms with van der Waals surface area (Å²) in [6.07, 6.45) is -7.26. The first-order chi connectivity index (χ1) is 19.2. The lowest BCUT2D eigenvalue weighted by Crippen LogP contribution is -2.27. The maximum absolute atomic E-state index is 12.8. The fraction of sp³-hybridized carbons (Fsp3) is 0.375. The van der Waals surface area contributed by atoms with Crippen LogP contribution in [0.15, 0.2) is 41.8 Å². The molecule has 40 heavy (non-hydrogen) atoms. The van der Waals surface area contributed by atoms with Gasteiger partial charge >= 0.3 is 6.18 Å². The molecule has 3 aromatic rings. The number of rotatable bonds is 9. The van der Waals surface area contributed by atoms with Gasteiger partial charge in [0, 0.05) is 29.7 Å². The van der Waals surface area contributed by atoms with Crippen LogP contribution < -0.4 is 5.32 Å². The van der Waals surface area contributed by atoms with Crippen LogP contribution in [0.3, 0.4) is 0 Å². The number of benzene rings is 1. The van der Waals surface area contributed by atoms with Crippen molar-refractivity contribution in [3.05, 3.63) is 58.5 Å². The number of ketones is 1. The predicted molar refractivity (Wildman–Crippen MR) is 131 cm³/mol. The van der Waals surface area contributed by atoms with E-state index < -0.39 is 55.8 Å². The average molecular weight is 558 g/mol. The molecule has 0 saturated carbocycles. The summed E-state index contributed by atoms with van der Waals surface area (Å²) < 4.78 is 50.5. The van der Waals surface area contributed by atoms with Crippen molar-refractivity contribution in [1.82, 2.24) is 19.5 Å². The number of anilines is 1. The molecular weight excluding hydrogens is 537 g/mol. The Balaban J connectivity index is 1.69. The van der Waals surface area contributed by atoms with Crippen LogP contribution in [0, 0.1) is 11.8 Å². The lowest BCUT2D eigenvalue weighted by molar-refractivity contribution is -0.170. The van der Waals surface area contributed by atoms with Gasteiger partial charge in [-0.05, 0) is 23.6 Å². The zero-order valence-electron chi connectivity index (χ0n) is 20.6. The van der Waals surface area contributed by atoms with Crippen LogP contribution in [0.25, 0.3) is 21.6 Å². The van der Waals surface area contributed by atoms with Gasteiger partial charge in [0.05, 0.1) is 12.7 Å². The first-order valence-corrected chi connectivity index (χ1v) is 11.8. The Hall–Kier alpha value is -4.55. The fourth-order valence-corrected chi connectivity index (χ4v) is 3.94. The molecule has 4 rings (SSSR count). The Labute approximate surface area is 224 Å². The van der Waals surface area contributed by atoms with Crippen LogP contribution >= 0.6 is 0 Å². The smallest absolute Gasteiger partial charge is 0.394 e. The molecule has 1 aliphatic rings. The molecule has 0 radical (unpaired) electrons. The number of alkyl halides is 3. The third-order valence-electron chi connectivity index (χ3n) is 5.80. The molecule has 208 valence electrons. The Kier molecular flexibility index (Phi) is 8.92. The molecule has 0 bridgehead atoms. The van der Waals surface area contributed by atoms with Gasteiger partial charge in [0.15, 0.2) is 22.8 Å². The van der Waals surface area contributed by atoms with Gasteiger partial charge in [-0.1, -0.05) is 29.2 Å². The molecule has 16 heteroatoms. The minimum atomic E-state index is -4.96. The number of carbonyl (C=O) groups excluding carboxylic acids is 2. The Morgan fingerprint density at radius 1 is 1.30 bits per heavy atom. The monoisotopic (exact) mass is 558 g/mol. The van der Waals surface area contributed by atoms with Crippen molar-refractivity contribution < 1.29 is 37.3 Å². The zero-order valence-corrected chi connectivity index (χ0v) is 20.6. The number of aliphatic hydroxyl groups excluding tert-OH is 1. The molecule has 13 nitrogen and oxygen atoms in total. The van der Waals surface area contributed by atoms with E-state index in [1.54, 1.807) is 30.3 Å². The molecule has 0 spiro atoms. The molecule has 3 heterocycles. The van der Waals surface area contributed by atoms with E-state index in [9.17, 15) is 27.9 Å². The molecule has 1 aliphatic heterocycles. The van der Waals surface area contributed by atoms with E-state index in [0.717, 1.165) is 0 Å². The number of amides is 1. The van der Waals surface area contributed by atoms with E-state index in [-0.39, 0.29) is 36.0 Å². The highest BCUT2D eigenvalue weighted by atomic mass is 19.4. The molecule has 1 saturated heterocycles. The van der Waals surface area contributed by atoms with Crippen molar-refractivity contribution in [2.75, 3.05) is 18.7 Å². The number of fused-ring (bicyclic) bond motifs is 1. The van der Waals surface area contributed by atoms with Gasteiger partial charge in [-0.25, -0.2) is 15.0 Å². The first-order valence-electron chi connectivity index (χ1n) is 11.8. The molecular formula is C24H21F3N8O5. The van der Waals surface area contributed by atoms with E-state index in [1.165, 1.54) is 10.9 Å². The molecule has 1 amide bonds. The number of aromatic nitrogens is 4. The number of aliphatic hydroxyl groups is 1. The molecule has 0 unspecified atom stereocenters. The number of azide groups is 1. The molecule has 1 fully saturated rings. The summed E-state index contributed by atoms with van der Waals surface area (Å²) in [5.74, 6) is 2.83. The fourth-order valence-electron chi connectivity index (χ4n) is 3.94. The largest absolute Gasteiger partial charge is 0.450 e. The number of nitrogens with zero attached hydrogens (tertiary/aromatic N) is 7. The minimum absolute atomic E-state index is 0.00236. The van der Waals surface area contributed by atoms with Gasteiger partial charge in [0.2, 0.25) is 5.78 Å². The highest BCUT2D eigenvalue weighted by molar-refractivity contribution is 6.06. The van der Waals surface area contributed by atoms with Gasteiger partial charge < -0.3 is 19.9 Å². The van der Waals surface area contributed by atoms with Crippen molar-refractivity contribution in [2.24, 2.45) is 5.11 Å². The highest BCUT2D eigenvalue weighted by Crippen LogP contribution is 2.34. The van der Waals surface area contributed by atoms with E-state index in [0.29, 0.717) is 5.56 Å². The predicted octanol–water partition coefficient (Wildman–Crippen LogP) is 3.27. The van der Waals surface area contributed by atoms with Crippen LogP contribution in [-0.2, 0) is 14.3 Å². The van der Waals surface area contributed by atoms with E-state index >= 15 is 0 Å². The second-order valence-electron chi connectivity index (χ2n) is 8.36. The van der Waals surface area contributed by atoms with Gasteiger partial charge in [0.1, 0.15) is 25.4 Å². The second kappa shape index (κ2) is 12.5. The van der Waals surface area contributed by atoms with E-state index in [4.69, 9.17) is 15.0 Å². The number of nitrogens with one attached hydrogen (secondary N) is 1. The van der Waals surface area contributed by atoms with Crippen molar-refractivity contribution in [3.63, 3.8) is 0 Å². The molecule has 2 N–H and O–H groups in total. The van der Waals surface area contributed by atoms with Crippen LogP contribution in [-0.4, -0.2) is 68.0 Å². The Bertz CT molecular complexity index is 1500. The van der Waals surface area contributed by atoms with Gasteiger partial charge in [-0.3, -0.25) is 14.2 Å². The normalized spacial score (nSPS) is 18.6. The summed E-state index contributed by atoms with van der Waals surface area (Å²) in [5.41, 5.74) is 9.15. The quantitative estimate of drug-likeness (QED) is 0.174. The maximum atomic E-state index is 12.8. The van der Waals surface area contributed by atoms with E-state index in [2.05, 4.69) is 42.1 Å². The standard InChI is InChI=1S/C24H21F3N8O5/c25-24(26,27)17(37)8-4-5-9-18-32-20-21(33-23(38)14-6-2-1-3-7-14)29-12-30-22(20)35(18)19-10-15(16(11-36)40-19)39-13-31-34-28/h1-3,6-7,12,15-16,19,36H,4,8,10-11,13H2,(H,29,30,33,38)/t15-,16-,19-/m0/s1. The second-order valence-corrected chi connectivity index (χ2v) is 8.36. The Morgan fingerprint density at radius 2 is 2.08 bits per heavy atom. The number of carbonyl (C=O) groups is 2. The lowest BCUT2D eigenvalue weighted by Gasteiger charge is -2.15. The van der Waals surface area contributed by atoms with Gasteiger partial charge in [-0.15, -0.1) is 0 Å². The van der Waals surface area contributed by atoms with E-state index in [1.807, 2.05) is 0 Å². The molecule has 0 aliphatic carbocycles. The highest BCUT2D eigenvalue weighted by Gasteiger charge is 2.39. The SMILES string of the molecule is [N-]=[N+]=NCO[C@H]1C[C@@H](n2c(C#CCCC(=O)C(F)(F)F)nc3c(NC(=O)c4ccccc4)ncnc32)O[C@H]1CO. The third-order valence-corrected chi connectivity index (χ3v) is 5.80. The summed E-state index contributed by atoms with van der Waals surface area (Å²) >= 11 is 0. The maximum Gasteiger partial charge on any atom is 0.450 e. The number of Topliss-reactive ketones (excluding diaryl/α,β-unsaturated/α-hetero) is 1. The summed E-state index contributed by atoms with van der Waals surface area (Å²) in [6.45, 7) is -0.742. The topological polar surface area (TPSA) is 177 Å². The summed E-state index contributed by atoms with van der Waals surface area (Å²) in [7, 11) is 0. The third kappa shape index (κ3) is 6.53. The first kappa shape index (κ1) is 28.5. The summed E-state index contributed by atoms with van der Waals surface area (Å²) in [5, 5.41) is 15.7. The lowest BCUT2D eigenvalue weighted by atomic mass is 10.2. The number of imidazole rings is 1. The number of ether oxygens (including phenoxy) is 2. The molecule has 3 atom stereocenters. The molecule has 2 aromatic heterocycles. The summed E-state index contributed by atoms with van der Waals surface area (Å²) in [4.78, 5) is 39.3. The van der Waals surface area contributed by atoms with Gasteiger partial charge in [-0.2, -0.15) is 13.2 Å². The number of hydrogen-bond acceptors (Lipinski definition) is 9. The van der Waals surface area contributed by atoms with Crippen molar-refractivity contribution >= 4 is 28.7 Å². The average Bonchev–Trinajstić information content (AvgIpc) is 3.52. The number of halogens is 3. The minimum Gasteiger partial charge on any atom is -0.394 e. The molecule has 1 aromatic carbocycles. The summed E-state index contributed by atoms with van der Waals surface area (Å²) in [6, 6.07) is 8.32. The van der Waals surface area contributed by atoms with Gasteiger partial charge in [0.25, 0.3) is 5.91 Å². The zero-order chi connectivity index (χ0) is 28.7. The Morgan fingerprint density at radius 3 is 2.77 bits per heavy atom. The van der Waals surface area contributed by atoms with Crippen LogP contribution in [0.5, 0.6) is 0 Å². The van der Waals surface area contributed by atoms with Crippen LogP contribution in [0.1, 0.15) is 41.7 Å². The van der Waals surface area contributed by atoms with Crippen molar-refractivity contribution in [3.8, 4) is 11.8 Å². The van der Waals surface area contributed by atoms with Crippen LogP contribution in [0.2, 0.25) is 0 Å².